The molecule has 0 amide bonds. The Morgan fingerprint density at radius 2 is 2.45 bits per heavy atom. The first-order valence-electron chi connectivity index (χ1n) is 3.27. The molecule has 0 aromatic carbocycles. The summed E-state index contributed by atoms with van der Waals surface area (Å²) >= 11 is 5.67. The average molecular weight is 171 g/mol. The van der Waals surface area contributed by atoms with Crippen LogP contribution in [0.5, 0.6) is 0 Å². The van der Waals surface area contributed by atoms with Crippen LogP contribution in [-0.4, -0.2) is 11.6 Å². The van der Waals surface area contributed by atoms with E-state index in [2.05, 4.69) is 4.98 Å². The lowest BCUT2D eigenvalue weighted by molar-refractivity contribution is 0.584. The Balaban J connectivity index is 2.95. The summed E-state index contributed by atoms with van der Waals surface area (Å²) in [6.45, 7) is 1.73. The molecular weight excluding hydrogens is 162 g/mol. The molecule has 0 heterocycles. The first-order valence-corrected chi connectivity index (χ1v) is 3.65. The van der Waals surface area contributed by atoms with E-state index in [9.17, 15) is 0 Å². The van der Waals surface area contributed by atoms with Gasteiger partial charge in [0.15, 0.2) is 0 Å². The third-order valence-electron chi connectivity index (χ3n) is 1.81. The summed E-state index contributed by atoms with van der Waals surface area (Å²) in [6, 6.07) is -0.356. The van der Waals surface area contributed by atoms with Crippen LogP contribution in [0.2, 0.25) is 0 Å². The summed E-state index contributed by atoms with van der Waals surface area (Å²) in [7, 11) is 0. The highest BCUT2D eigenvalue weighted by atomic mass is 35.5. The van der Waals surface area contributed by atoms with Crippen molar-refractivity contribution in [3.05, 3.63) is 28.2 Å². The van der Waals surface area contributed by atoms with E-state index in [0.717, 1.165) is 0 Å². The molecule has 0 aliphatic heterocycles. The maximum Gasteiger partial charge on any atom is 0.356 e. The Hall–Kier alpha value is -0.850. The zero-order valence-corrected chi connectivity index (χ0v) is 6.92. The Morgan fingerprint density at radius 1 is 1.82 bits per heavy atom. The fourth-order valence-corrected chi connectivity index (χ4v) is 1.05. The van der Waals surface area contributed by atoms with Gasteiger partial charge < -0.3 is 5.73 Å². The van der Waals surface area contributed by atoms with Crippen LogP contribution in [0.15, 0.2) is 23.3 Å². The molecule has 0 spiro atoms. The van der Waals surface area contributed by atoms with Crippen LogP contribution in [-0.2, 0) is 0 Å². The molecule has 0 radical (unpaired) electrons. The third kappa shape index (κ3) is 1.42. The van der Waals surface area contributed by atoms with Crippen molar-refractivity contribution >= 4 is 11.6 Å². The Morgan fingerprint density at radius 3 is 2.91 bits per heavy atom. The predicted molar refractivity (Wildman–Crippen MR) is 44.5 cm³/mol. The summed E-state index contributed by atoms with van der Waals surface area (Å²) < 4.78 is 0. The first kappa shape index (κ1) is 8.25. The van der Waals surface area contributed by atoms with E-state index in [1.165, 1.54) is 0 Å². The molecule has 1 aliphatic rings. The van der Waals surface area contributed by atoms with Gasteiger partial charge in [0.25, 0.3) is 0 Å². The quantitative estimate of drug-likeness (QED) is 0.562. The summed E-state index contributed by atoms with van der Waals surface area (Å²) in [5.41, 5.74) is 4.92. The molecule has 2 atom stereocenters. The standard InChI is InChI=1S/C7H9ClN3/c1-7(11-10)3-2-5(8)4-6(7)9/h2-4,6H,9H2,1H3/q+1. The SMILES string of the molecule is CC1([N+]#N)C=CC(Cl)=CC1N. The van der Waals surface area contributed by atoms with Gasteiger partial charge in [-0.2, -0.15) is 0 Å². The number of allylic oxidation sites excluding steroid dienone is 2. The number of rotatable bonds is 0. The summed E-state index contributed by atoms with van der Waals surface area (Å²) in [4.78, 5) is 3.18. The fraction of sp³-hybridized carbons (Fsp3) is 0.429. The molecule has 2 N–H and O–H groups in total. The molecular formula is C7H9ClN3+. The molecule has 0 fully saturated rings. The minimum Gasteiger partial charge on any atom is -0.317 e. The van der Waals surface area contributed by atoms with Gasteiger partial charge in [0, 0.05) is 18.0 Å². The second kappa shape index (κ2) is 2.65. The summed E-state index contributed by atoms with van der Waals surface area (Å²) in [5.74, 6) is 0. The van der Waals surface area contributed by atoms with E-state index in [1.54, 1.807) is 25.2 Å². The molecule has 3 nitrogen and oxygen atoms in total. The van der Waals surface area contributed by atoms with Gasteiger partial charge >= 0.3 is 5.54 Å². The van der Waals surface area contributed by atoms with Gasteiger partial charge in [-0.3, -0.25) is 0 Å². The van der Waals surface area contributed by atoms with Crippen LogP contribution in [0.4, 0.5) is 0 Å². The molecule has 0 saturated carbocycles. The number of hydrogen-bond acceptors (Lipinski definition) is 2. The molecule has 1 aliphatic carbocycles. The van der Waals surface area contributed by atoms with Crippen molar-refractivity contribution in [1.82, 2.24) is 0 Å². The summed E-state index contributed by atoms with van der Waals surface area (Å²) in [5, 5.41) is 9.21. The topological polar surface area (TPSA) is 54.2 Å². The molecule has 4 heteroatoms. The highest BCUT2D eigenvalue weighted by molar-refractivity contribution is 6.31. The molecule has 0 saturated heterocycles. The van der Waals surface area contributed by atoms with Crippen molar-refractivity contribution in [2.75, 3.05) is 0 Å². The first-order chi connectivity index (χ1) is 5.08. The number of halogens is 1. The average Bonchev–Trinajstić information content (AvgIpc) is 1.98. The van der Waals surface area contributed by atoms with Crippen molar-refractivity contribution in [3.63, 3.8) is 0 Å². The van der Waals surface area contributed by atoms with Crippen molar-refractivity contribution in [2.45, 2.75) is 18.5 Å². The lowest BCUT2D eigenvalue weighted by Crippen LogP contribution is -2.41. The molecule has 58 valence electrons. The maximum absolute atomic E-state index is 8.63. The van der Waals surface area contributed by atoms with Crippen LogP contribution in [0.25, 0.3) is 4.98 Å². The lowest BCUT2D eigenvalue weighted by atomic mass is 9.90. The lowest BCUT2D eigenvalue weighted by Gasteiger charge is -2.14. The minimum absolute atomic E-state index is 0.356. The molecule has 0 aromatic heterocycles. The predicted octanol–water partition coefficient (Wildman–Crippen LogP) is 1.62. The molecule has 0 aromatic rings. The van der Waals surface area contributed by atoms with Crippen LogP contribution < -0.4 is 5.73 Å². The third-order valence-corrected chi connectivity index (χ3v) is 2.06. The Labute approximate surface area is 70.1 Å². The number of diazo groups is 1. The number of hydrogen-bond donors (Lipinski definition) is 1. The molecule has 0 bridgehead atoms. The van der Waals surface area contributed by atoms with Crippen LogP contribution in [0.3, 0.4) is 0 Å². The van der Waals surface area contributed by atoms with Crippen LogP contribution >= 0.6 is 11.6 Å². The highest BCUT2D eigenvalue weighted by Crippen LogP contribution is 2.24. The summed E-state index contributed by atoms with van der Waals surface area (Å²) in [6.07, 6.45) is 5.01. The highest BCUT2D eigenvalue weighted by Gasteiger charge is 2.43. The van der Waals surface area contributed by atoms with Crippen molar-refractivity contribution in [1.29, 1.82) is 5.39 Å². The van der Waals surface area contributed by atoms with Gasteiger partial charge in [-0.05, 0) is 12.2 Å². The van der Waals surface area contributed by atoms with Crippen molar-refractivity contribution < 1.29 is 0 Å². The Bertz CT molecular complexity index is 263. The largest absolute Gasteiger partial charge is 0.356 e. The second-order valence-corrected chi connectivity index (χ2v) is 3.17. The maximum atomic E-state index is 8.63. The number of nitrogens with zero attached hydrogens (tertiary/aromatic N) is 2. The van der Waals surface area contributed by atoms with Gasteiger partial charge in [0.05, 0.1) is 0 Å². The zero-order valence-electron chi connectivity index (χ0n) is 6.16. The van der Waals surface area contributed by atoms with Gasteiger partial charge in [-0.15, -0.1) is 0 Å². The van der Waals surface area contributed by atoms with Gasteiger partial charge in [0.2, 0.25) is 5.39 Å². The van der Waals surface area contributed by atoms with Crippen LogP contribution in [0.1, 0.15) is 6.92 Å². The second-order valence-electron chi connectivity index (χ2n) is 2.74. The molecule has 1 rings (SSSR count). The van der Waals surface area contributed by atoms with E-state index in [-0.39, 0.29) is 6.04 Å². The van der Waals surface area contributed by atoms with Crippen molar-refractivity contribution in [3.8, 4) is 0 Å². The number of nitrogens with two attached hydrogens (primary N) is 1. The normalized spacial score (nSPS) is 36.2. The monoisotopic (exact) mass is 170 g/mol. The molecule has 2 unspecified atom stereocenters. The Kier molecular flexibility index (Phi) is 1.99. The van der Waals surface area contributed by atoms with Gasteiger partial charge in [-0.25, -0.2) is 0 Å². The van der Waals surface area contributed by atoms with Gasteiger partial charge in [0.1, 0.15) is 11.0 Å². The fourth-order valence-electron chi connectivity index (χ4n) is 0.855. The van der Waals surface area contributed by atoms with E-state index < -0.39 is 5.54 Å². The minimum atomic E-state index is -0.724. The van der Waals surface area contributed by atoms with E-state index in [1.807, 2.05) is 0 Å². The van der Waals surface area contributed by atoms with E-state index in [0.29, 0.717) is 5.03 Å². The van der Waals surface area contributed by atoms with E-state index in [4.69, 9.17) is 22.7 Å². The molecule has 11 heavy (non-hydrogen) atoms. The van der Waals surface area contributed by atoms with Crippen LogP contribution in [0, 0.1) is 5.39 Å². The zero-order chi connectivity index (χ0) is 8.48. The van der Waals surface area contributed by atoms with Crippen molar-refractivity contribution in [2.24, 2.45) is 5.73 Å². The van der Waals surface area contributed by atoms with E-state index >= 15 is 0 Å². The smallest absolute Gasteiger partial charge is 0.317 e. The van der Waals surface area contributed by atoms with Gasteiger partial charge in [-0.1, -0.05) is 11.6 Å².